The first-order valence-electron chi connectivity index (χ1n) is 5.94. The van der Waals surface area contributed by atoms with E-state index in [1.165, 1.54) is 24.4 Å². The van der Waals surface area contributed by atoms with Crippen LogP contribution in [0.1, 0.15) is 5.56 Å². The van der Waals surface area contributed by atoms with E-state index >= 15 is 0 Å². The van der Waals surface area contributed by atoms with Crippen LogP contribution in [0.15, 0.2) is 47.5 Å². The molecule has 0 fully saturated rings. The maximum atomic E-state index is 13.4. The van der Waals surface area contributed by atoms with Crippen LogP contribution in [-0.4, -0.2) is 19.9 Å². The van der Waals surface area contributed by atoms with Crippen molar-refractivity contribution >= 4 is 15.8 Å². The molecule has 0 aliphatic heterocycles. The fourth-order valence-electron chi connectivity index (χ4n) is 1.73. The maximum Gasteiger partial charge on any atom is 0.244 e. The number of halogens is 1. The Morgan fingerprint density at radius 1 is 1.20 bits per heavy atom. The van der Waals surface area contributed by atoms with E-state index in [1.54, 1.807) is 18.2 Å². The molecule has 0 unspecified atom stereocenters. The van der Waals surface area contributed by atoms with Gasteiger partial charge < -0.3 is 5.73 Å². The van der Waals surface area contributed by atoms with Crippen LogP contribution in [0.4, 0.5) is 10.2 Å². The van der Waals surface area contributed by atoms with Crippen LogP contribution in [-0.2, 0) is 16.4 Å². The van der Waals surface area contributed by atoms with Gasteiger partial charge in [-0.2, -0.15) is 0 Å². The molecule has 0 aliphatic carbocycles. The Bertz CT molecular complexity index is 704. The first-order chi connectivity index (χ1) is 9.50. The summed E-state index contributed by atoms with van der Waals surface area (Å²) in [5.41, 5.74) is 5.98. The lowest BCUT2D eigenvalue weighted by Crippen LogP contribution is -2.27. The van der Waals surface area contributed by atoms with Gasteiger partial charge in [-0.15, -0.1) is 0 Å². The van der Waals surface area contributed by atoms with Crippen molar-refractivity contribution in [3.05, 3.63) is 54.0 Å². The van der Waals surface area contributed by atoms with Crippen LogP contribution in [0.2, 0.25) is 0 Å². The van der Waals surface area contributed by atoms with Crippen molar-refractivity contribution in [1.82, 2.24) is 9.71 Å². The van der Waals surface area contributed by atoms with Crippen molar-refractivity contribution in [2.45, 2.75) is 11.3 Å². The Hall–Kier alpha value is -1.99. The smallest absolute Gasteiger partial charge is 0.244 e. The van der Waals surface area contributed by atoms with E-state index in [1.807, 2.05) is 0 Å². The number of rotatable bonds is 5. The summed E-state index contributed by atoms with van der Waals surface area (Å²) in [6, 6.07) is 9.09. The summed E-state index contributed by atoms with van der Waals surface area (Å²) < 4.78 is 39.8. The van der Waals surface area contributed by atoms with E-state index in [0.29, 0.717) is 5.56 Å². The normalized spacial score (nSPS) is 11.4. The van der Waals surface area contributed by atoms with Gasteiger partial charge in [-0.05, 0) is 30.2 Å². The lowest BCUT2D eigenvalue weighted by molar-refractivity contribution is 0.577. The summed E-state index contributed by atoms with van der Waals surface area (Å²) in [5, 5.41) is 0. The zero-order valence-electron chi connectivity index (χ0n) is 10.6. The SMILES string of the molecule is Nc1ncccc1S(=O)(=O)NCCc1ccccc1F. The van der Waals surface area contributed by atoms with E-state index in [2.05, 4.69) is 9.71 Å². The number of benzene rings is 1. The zero-order chi connectivity index (χ0) is 14.6. The van der Waals surface area contributed by atoms with Crippen molar-refractivity contribution < 1.29 is 12.8 Å². The van der Waals surface area contributed by atoms with Gasteiger partial charge in [0.2, 0.25) is 10.0 Å². The summed E-state index contributed by atoms with van der Waals surface area (Å²) in [5.74, 6) is -0.418. The highest BCUT2D eigenvalue weighted by molar-refractivity contribution is 7.89. The molecule has 1 aromatic heterocycles. The predicted molar refractivity (Wildman–Crippen MR) is 73.9 cm³/mol. The number of sulfonamides is 1. The topological polar surface area (TPSA) is 85.1 Å². The van der Waals surface area contributed by atoms with Crippen molar-refractivity contribution in [1.29, 1.82) is 0 Å². The lowest BCUT2D eigenvalue weighted by Gasteiger charge is -2.08. The molecule has 1 heterocycles. The summed E-state index contributed by atoms with van der Waals surface area (Å²) in [6.07, 6.45) is 1.67. The van der Waals surface area contributed by atoms with Gasteiger partial charge in [-0.25, -0.2) is 22.5 Å². The van der Waals surface area contributed by atoms with Gasteiger partial charge in [-0.3, -0.25) is 0 Å². The minimum absolute atomic E-state index is 0.0640. The highest BCUT2D eigenvalue weighted by Crippen LogP contribution is 2.14. The van der Waals surface area contributed by atoms with Crippen LogP contribution < -0.4 is 10.5 Å². The van der Waals surface area contributed by atoms with Crippen molar-refractivity contribution in [3.63, 3.8) is 0 Å². The summed E-state index contributed by atoms with van der Waals surface area (Å²) in [6.45, 7) is 0.0810. The van der Waals surface area contributed by atoms with Gasteiger partial charge in [-0.1, -0.05) is 18.2 Å². The molecule has 20 heavy (non-hydrogen) atoms. The molecule has 1 aromatic carbocycles. The highest BCUT2D eigenvalue weighted by Gasteiger charge is 2.17. The number of hydrogen-bond acceptors (Lipinski definition) is 4. The third kappa shape index (κ3) is 3.31. The third-order valence-electron chi connectivity index (χ3n) is 2.73. The number of aromatic nitrogens is 1. The average molecular weight is 295 g/mol. The molecule has 106 valence electrons. The predicted octanol–water partition coefficient (Wildman–Crippen LogP) is 1.32. The fraction of sp³-hybridized carbons (Fsp3) is 0.154. The number of hydrogen-bond donors (Lipinski definition) is 2. The molecule has 0 saturated carbocycles. The van der Waals surface area contributed by atoms with E-state index in [4.69, 9.17) is 5.73 Å². The first-order valence-corrected chi connectivity index (χ1v) is 7.42. The monoisotopic (exact) mass is 295 g/mol. The first kappa shape index (κ1) is 14.4. The Morgan fingerprint density at radius 2 is 1.95 bits per heavy atom. The second kappa shape index (κ2) is 5.98. The molecule has 2 rings (SSSR count). The van der Waals surface area contributed by atoms with E-state index in [-0.39, 0.29) is 29.5 Å². The van der Waals surface area contributed by atoms with E-state index in [9.17, 15) is 12.8 Å². The minimum Gasteiger partial charge on any atom is -0.383 e. The third-order valence-corrected chi connectivity index (χ3v) is 4.24. The Kier molecular flexibility index (Phi) is 4.31. The second-order valence-corrected chi connectivity index (χ2v) is 5.86. The molecule has 0 radical (unpaired) electrons. The molecule has 0 saturated heterocycles. The molecular weight excluding hydrogens is 281 g/mol. The molecular formula is C13H14FN3O2S. The molecule has 0 spiro atoms. The van der Waals surface area contributed by atoms with Crippen LogP contribution in [0.25, 0.3) is 0 Å². The maximum absolute atomic E-state index is 13.4. The van der Waals surface area contributed by atoms with Crippen molar-refractivity contribution in [2.75, 3.05) is 12.3 Å². The fourth-order valence-corrected chi connectivity index (χ4v) is 2.84. The number of nitrogen functional groups attached to an aromatic ring is 1. The molecule has 0 amide bonds. The Labute approximate surface area is 116 Å². The van der Waals surface area contributed by atoms with Crippen LogP contribution in [0, 0.1) is 5.82 Å². The molecule has 2 aromatic rings. The molecule has 7 heteroatoms. The standard InChI is InChI=1S/C13H14FN3O2S/c14-11-5-2-1-4-10(11)7-9-17-20(18,19)12-6-3-8-16-13(12)15/h1-6,8,17H,7,9H2,(H2,15,16). The second-order valence-electron chi connectivity index (χ2n) is 4.13. The molecule has 0 aliphatic rings. The van der Waals surface area contributed by atoms with Crippen molar-refractivity contribution in [2.24, 2.45) is 0 Å². The average Bonchev–Trinajstić information content (AvgIpc) is 2.41. The molecule has 0 atom stereocenters. The van der Waals surface area contributed by atoms with Crippen LogP contribution in [0.5, 0.6) is 0 Å². The van der Waals surface area contributed by atoms with Crippen LogP contribution >= 0.6 is 0 Å². The van der Waals surface area contributed by atoms with Gasteiger partial charge in [0, 0.05) is 12.7 Å². The lowest BCUT2D eigenvalue weighted by atomic mass is 10.1. The molecule has 3 N–H and O–H groups in total. The van der Waals surface area contributed by atoms with Gasteiger partial charge in [0.15, 0.2) is 0 Å². The number of nitrogens with zero attached hydrogens (tertiary/aromatic N) is 1. The largest absolute Gasteiger partial charge is 0.383 e. The number of anilines is 1. The quantitative estimate of drug-likeness (QED) is 0.871. The van der Waals surface area contributed by atoms with Crippen LogP contribution in [0.3, 0.4) is 0 Å². The number of nitrogens with one attached hydrogen (secondary N) is 1. The summed E-state index contributed by atoms with van der Waals surface area (Å²) >= 11 is 0. The Morgan fingerprint density at radius 3 is 2.65 bits per heavy atom. The summed E-state index contributed by atoms with van der Waals surface area (Å²) in [7, 11) is -3.73. The number of pyridine rings is 1. The van der Waals surface area contributed by atoms with Gasteiger partial charge in [0.05, 0.1) is 0 Å². The highest BCUT2D eigenvalue weighted by atomic mass is 32.2. The van der Waals surface area contributed by atoms with Crippen molar-refractivity contribution in [3.8, 4) is 0 Å². The Balaban J connectivity index is 2.04. The van der Waals surface area contributed by atoms with E-state index in [0.717, 1.165) is 0 Å². The van der Waals surface area contributed by atoms with E-state index < -0.39 is 10.0 Å². The van der Waals surface area contributed by atoms with Gasteiger partial charge in [0.1, 0.15) is 16.5 Å². The van der Waals surface area contributed by atoms with Gasteiger partial charge >= 0.3 is 0 Å². The van der Waals surface area contributed by atoms with Gasteiger partial charge in [0.25, 0.3) is 0 Å². The summed E-state index contributed by atoms with van der Waals surface area (Å²) in [4.78, 5) is 3.65. The number of nitrogens with two attached hydrogens (primary N) is 1. The molecule has 5 nitrogen and oxygen atoms in total. The molecule has 0 bridgehead atoms. The minimum atomic E-state index is -3.73. The zero-order valence-corrected chi connectivity index (χ0v) is 11.4.